The van der Waals surface area contributed by atoms with Crippen LogP contribution in [0.2, 0.25) is 0 Å². The molecule has 0 bridgehead atoms. The molecule has 1 heterocycles. The lowest BCUT2D eigenvalue weighted by atomic mass is 10.1. The van der Waals surface area contributed by atoms with E-state index in [2.05, 4.69) is 15.3 Å². The first-order valence-corrected chi connectivity index (χ1v) is 7.71. The van der Waals surface area contributed by atoms with Crippen LogP contribution < -0.4 is 16.8 Å². The largest absolute Gasteiger partial charge is 0.383 e. The first kappa shape index (κ1) is 16.8. The number of thioether (sulfide) groups is 1. The second-order valence-corrected chi connectivity index (χ2v) is 6.19. The van der Waals surface area contributed by atoms with E-state index in [0.717, 1.165) is 11.8 Å². The predicted octanol–water partition coefficient (Wildman–Crippen LogP) is 1.96. The average Bonchev–Trinajstić information content (AvgIpc) is 2.46. The van der Waals surface area contributed by atoms with Gasteiger partial charge in [0.1, 0.15) is 11.6 Å². The molecule has 1 amide bonds. The number of rotatable bonds is 5. The number of carbonyl (C=O) groups is 2. The van der Waals surface area contributed by atoms with Gasteiger partial charge in [-0.3, -0.25) is 9.59 Å². The molecule has 1 atom stereocenters. The number of amides is 1. The van der Waals surface area contributed by atoms with Crippen molar-refractivity contribution >= 4 is 40.8 Å². The number of benzene rings is 1. The molecule has 0 saturated carbocycles. The highest BCUT2D eigenvalue weighted by atomic mass is 32.2. The molecule has 0 aliphatic heterocycles. The van der Waals surface area contributed by atoms with Crippen LogP contribution in [-0.2, 0) is 4.79 Å². The number of ketones is 1. The molecule has 1 aromatic carbocycles. The Bertz CT molecular complexity index is 713. The highest BCUT2D eigenvalue weighted by molar-refractivity contribution is 8.00. The Morgan fingerprint density at radius 2 is 1.70 bits per heavy atom. The molecule has 0 fully saturated rings. The third kappa shape index (κ3) is 4.68. The quantitative estimate of drug-likeness (QED) is 0.434. The minimum Gasteiger partial charge on any atom is -0.383 e. The smallest absolute Gasteiger partial charge is 0.237 e. The number of aromatic nitrogens is 2. The molecule has 2 aromatic rings. The fraction of sp³-hybridized carbons (Fsp3) is 0.200. The molecule has 1 unspecified atom stereocenters. The van der Waals surface area contributed by atoms with Gasteiger partial charge in [0.05, 0.1) is 5.25 Å². The van der Waals surface area contributed by atoms with Gasteiger partial charge in [0.15, 0.2) is 10.9 Å². The summed E-state index contributed by atoms with van der Waals surface area (Å²) in [7, 11) is 0. The molecule has 23 heavy (non-hydrogen) atoms. The van der Waals surface area contributed by atoms with Crippen LogP contribution in [-0.4, -0.2) is 26.9 Å². The summed E-state index contributed by atoms with van der Waals surface area (Å²) in [6.07, 6.45) is 0. The van der Waals surface area contributed by atoms with Crippen molar-refractivity contribution in [3.8, 4) is 0 Å². The molecule has 120 valence electrons. The molecule has 0 radical (unpaired) electrons. The molecule has 2 rings (SSSR count). The van der Waals surface area contributed by atoms with Gasteiger partial charge >= 0.3 is 0 Å². The fourth-order valence-electron chi connectivity index (χ4n) is 1.76. The third-order valence-corrected chi connectivity index (χ3v) is 3.92. The average molecular weight is 331 g/mol. The Morgan fingerprint density at radius 1 is 1.13 bits per heavy atom. The second-order valence-electron chi connectivity index (χ2n) is 4.88. The molecule has 7 nitrogen and oxygen atoms in total. The summed E-state index contributed by atoms with van der Waals surface area (Å²) in [5.74, 6) is 0.276. The first-order chi connectivity index (χ1) is 10.8. The molecule has 1 aromatic heterocycles. The second kappa shape index (κ2) is 7.10. The Labute approximate surface area is 137 Å². The number of carbonyl (C=O) groups excluding carboxylic acids is 2. The molecular formula is C15H17N5O2S. The van der Waals surface area contributed by atoms with Crippen molar-refractivity contribution in [2.24, 2.45) is 0 Å². The monoisotopic (exact) mass is 331 g/mol. The minimum atomic E-state index is -0.441. The maximum Gasteiger partial charge on any atom is 0.237 e. The lowest BCUT2D eigenvalue weighted by molar-refractivity contribution is -0.115. The highest BCUT2D eigenvalue weighted by Gasteiger charge is 2.17. The van der Waals surface area contributed by atoms with Crippen molar-refractivity contribution in [1.29, 1.82) is 0 Å². The van der Waals surface area contributed by atoms with E-state index in [0.29, 0.717) is 16.4 Å². The Balaban J connectivity index is 2.00. The van der Waals surface area contributed by atoms with Gasteiger partial charge in [-0.25, -0.2) is 9.97 Å². The van der Waals surface area contributed by atoms with Crippen LogP contribution in [0.15, 0.2) is 35.5 Å². The van der Waals surface area contributed by atoms with Crippen LogP contribution in [0.4, 0.5) is 17.3 Å². The van der Waals surface area contributed by atoms with Gasteiger partial charge in [-0.1, -0.05) is 11.8 Å². The van der Waals surface area contributed by atoms with Gasteiger partial charge in [-0.15, -0.1) is 0 Å². The zero-order valence-electron chi connectivity index (χ0n) is 12.7. The fourth-order valence-corrected chi connectivity index (χ4v) is 2.56. The molecule has 5 N–H and O–H groups in total. The normalized spacial score (nSPS) is 11.7. The van der Waals surface area contributed by atoms with Gasteiger partial charge in [0.2, 0.25) is 5.91 Å². The van der Waals surface area contributed by atoms with Gasteiger partial charge in [0, 0.05) is 17.3 Å². The van der Waals surface area contributed by atoms with E-state index in [1.807, 2.05) is 0 Å². The Hall–Kier alpha value is -2.61. The molecule has 0 aliphatic carbocycles. The van der Waals surface area contributed by atoms with E-state index >= 15 is 0 Å². The number of hydrogen-bond acceptors (Lipinski definition) is 7. The van der Waals surface area contributed by atoms with Crippen molar-refractivity contribution in [3.63, 3.8) is 0 Å². The molecule has 0 saturated heterocycles. The summed E-state index contributed by atoms with van der Waals surface area (Å²) in [5.41, 5.74) is 12.4. The number of hydrogen-bond donors (Lipinski definition) is 3. The number of nitrogens with one attached hydrogen (secondary N) is 1. The number of nitrogens with zero attached hydrogens (tertiary/aromatic N) is 2. The topological polar surface area (TPSA) is 124 Å². The van der Waals surface area contributed by atoms with Crippen LogP contribution >= 0.6 is 11.8 Å². The predicted molar refractivity (Wildman–Crippen MR) is 91.3 cm³/mol. The maximum absolute atomic E-state index is 12.2. The lowest BCUT2D eigenvalue weighted by Crippen LogP contribution is -2.22. The van der Waals surface area contributed by atoms with Crippen molar-refractivity contribution in [2.45, 2.75) is 24.3 Å². The standard InChI is InChI=1S/C15H17N5O2S/c1-8(21)10-3-5-11(6-4-10)18-14(22)9(2)23-15-19-12(16)7-13(17)20-15/h3-7,9H,1-2H3,(H,18,22)(H4,16,17,19,20). The van der Waals surface area contributed by atoms with E-state index in [1.54, 1.807) is 31.2 Å². The molecule has 0 spiro atoms. The van der Waals surface area contributed by atoms with Crippen molar-refractivity contribution < 1.29 is 9.59 Å². The van der Waals surface area contributed by atoms with E-state index in [4.69, 9.17) is 11.5 Å². The van der Waals surface area contributed by atoms with Gasteiger partial charge in [-0.2, -0.15) is 0 Å². The van der Waals surface area contributed by atoms with Crippen LogP contribution in [0.1, 0.15) is 24.2 Å². The van der Waals surface area contributed by atoms with E-state index in [1.165, 1.54) is 13.0 Å². The van der Waals surface area contributed by atoms with Crippen LogP contribution in [0.3, 0.4) is 0 Å². The summed E-state index contributed by atoms with van der Waals surface area (Å²) in [6.45, 7) is 3.22. The van der Waals surface area contributed by atoms with E-state index in [-0.39, 0.29) is 23.3 Å². The van der Waals surface area contributed by atoms with Crippen molar-refractivity contribution in [2.75, 3.05) is 16.8 Å². The van der Waals surface area contributed by atoms with Crippen LogP contribution in [0.5, 0.6) is 0 Å². The summed E-state index contributed by atoms with van der Waals surface area (Å²) in [4.78, 5) is 31.5. The van der Waals surface area contributed by atoms with Crippen LogP contribution in [0, 0.1) is 0 Å². The first-order valence-electron chi connectivity index (χ1n) is 6.83. The van der Waals surface area contributed by atoms with Gasteiger partial charge in [-0.05, 0) is 38.1 Å². The van der Waals surface area contributed by atoms with Crippen molar-refractivity contribution in [3.05, 3.63) is 35.9 Å². The molecule has 0 aliphatic rings. The van der Waals surface area contributed by atoms with E-state index < -0.39 is 5.25 Å². The highest BCUT2D eigenvalue weighted by Crippen LogP contribution is 2.22. The minimum absolute atomic E-state index is 0.0248. The summed E-state index contributed by atoms with van der Waals surface area (Å²) in [6, 6.07) is 8.14. The molecule has 8 heteroatoms. The zero-order chi connectivity index (χ0) is 17.0. The summed E-state index contributed by atoms with van der Waals surface area (Å²) in [5, 5.41) is 2.67. The third-order valence-electron chi connectivity index (χ3n) is 2.96. The SMILES string of the molecule is CC(=O)c1ccc(NC(=O)C(C)Sc2nc(N)cc(N)n2)cc1. The molecular weight excluding hydrogens is 314 g/mol. The van der Waals surface area contributed by atoms with Gasteiger partial charge in [0.25, 0.3) is 0 Å². The summed E-state index contributed by atoms with van der Waals surface area (Å²) < 4.78 is 0. The Kier molecular flexibility index (Phi) is 5.17. The number of Topliss-reactive ketones (excluding diaryl/α,β-unsaturated/α-hetero) is 1. The Morgan fingerprint density at radius 3 is 2.22 bits per heavy atom. The van der Waals surface area contributed by atoms with Gasteiger partial charge < -0.3 is 16.8 Å². The van der Waals surface area contributed by atoms with Crippen LogP contribution in [0.25, 0.3) is 0 Å². The lowest BCUT2D eigenvalue weighted by Gasteiger charge is -2.11. The summed E-state index contributed by atoms with van der Waals surface area (Å²) >= 11 is 1.16. The van der Waals surface area contributed by atoms with Crippen molar-refractivity contribution in [1.82, 2.24) is 9.97 Å². The number of anilines is 3. The zero-order valence-corrected chi connectivity index (χ0v) is 13.6. The van der Waals surface area contributed by atoms with E-state index in [9.17, 15) is 9.59 Å². The number of nitrogens with two attached hydrogens (primary N) is 2. The maximum atomic E-state index is 12.2. The number of nitrogen functional groups attached to an aromatic ring is 2.